The highest BCUT2D eigenvalue weighted by atomic mass is 16.5. The average molecular weight is 310 g/mol. The average Bonchev–Trinajstić information content (AvgIpc) is 2.38. The largest absolute Gasteiger partial charge is 0.481 e. The summed E-state index contributed by atoms with van der Waals surface area (Å²) in [5, 5.41) is 17.0. The summed E-state index contributed by atoms with van der Waals surface area (Å²) in [6.45, 7) is 7.58. The van der Waals surface area contributed by atoms with Gasteiger partial charge in [-0.05, 0) is 20.3 Å². The molecule has 7 heteroatoms. The molecule has 0 radical (unpaired) electrons. The van der Waals surface area contributed by atoms with Gasteiger partial charge in [-0.25, -0.2) is 0 Å². The van der Waals surface area contributed by atoms with Gasteiger partial charge in [0, 0.05) is 27.8 Å². The molecule has 0 bridgehead atoms. The molecule has 21 heavy (non-hydrogen) atoms. The summed E-state index contributed by atoms with van der Waals surface area (Å²) in [5.74, 6) is -1.46. The highest BCUT2D eigenvalue weighted by Gasteiger charge is 2.13. The number of aliphatic carboxylic acids is 1. The van der Waals surface area contributed by atoms with Crippen LogP contribution in [0.4, 0.5) is 0 Å². The first-order valence-corrected chi connectivity index (χ1v) is 6.78. The molecule has 0 amide bonds. The lowest BCUT2D eigenvalue weighted by atomic mass is 10.1. The molecule has 0 aliphatic rings. The second-order valence-corrected chi connectivity index (χ2v) is 4.16. The SMILES string of the molecule is CC(=O)OCC(C)O.CCOCC(CC)C(=O)O.COC. The topological polar surface area (TPSA) is 102 Å². The molecule has 2 unspecified atom stereocenters. The van der Waals surface area contributed by atoms with Crippen LogP contribution >= 0.6 is 0 Å². The standard InChI is InChI=1S/C7H14O3.C5H10O3.C2H6O/c1-3-6(7(8)9)5-10-4-2;1-4(6)3-8-5(2)7;1-3-2/h6H,3-5H2,1-2H3,(H,8,9);4,6H,3H2,1-2H3;1-2H3. The molecule has 0 aromatic rings. The molecule has 0 fully saturated rings. The Labute approximate surface area is 127 Å². The van der Waals surface area contributed by atoms with Gasteiger partial charge in [-0.3, -0.25) is 9.59 Å². The van der Waals surface area contributed by atoms with Crippen LogP contribution in [-0.2, 0) is 23.8 Å². The third-order valence-corrected chi connectivity index (χ3v) is 1.89. The molecular formula is C14H30O7. The monoisotopic (exact) mass is 310 g/mol. The Morgan fingerprint density at radius 3 is 1.81 bits per heavy atom. The van der Waals surface area contributed by atoms with Gasteiger partial charge in [0.1, 0.15) is 6.61 Å². The fourth-order valence-electron chi connectivity index (χ4n) is 0.862. The third-order valence-electron chi connectivity index (χ3n) is 1.89. The second-order valence-electron chi connectivity index (χ2n) is 4.16. The van der Waals surface area contributed by atoms with Gasteiger partial charge in [-0.1, -0.05) is 6.92 Å². The number of carboxylic acids is 1. The number of carbonyl (C=O) groups is 2. The van der Waals surface area contributed by atoms with Gasteiger partial charge in [0.25, 0.3) is 0 Å². The number of hydrogen-bond acceptors (Lipinski definition) is 6. The summed E-state index contributed by atoms with van der Waals surface area (Å²) < 4.78 is 13.6. The number of ether oxygens (including phenoxy) is 3. The number of hydrogen-bond donors (Lipinski definition) is 2. The van der Waals surface area contributed by atoms with E-state index in [9.17, 15) is 9.59 Å². The lowest BCUT2D eigenvalue weighted by Crippen LogP contribution is -2.18. The summed E-state index contributed by atoms with van der Waals surface area (Å²) in [6.07, 6.45) is 0.0777. The Kier molecular flexibility index (Phi) is 22.2. The van der Waals surface area contributed by atoms with Crippen molar-refractivity contribution >= 4 is 11.9 Å². The number of carbonyl (C=O) groups excluding carboxylic acids is 1. The van der Waals surface area contributed by atoms with Crippen LogP contribution in [0, 0.1) is 5.92 Å². The summed E-state index contributed by atoms with van der Waals surface area (Å²) in [7, 11) is 3.25. The summed E-state index contributed by atoms with van der Waals surface area (Å²) >= 11 is 0. The van der Waals surface area contributed by atoms with Crippen LogP contribution in [0.2, 0.25) is 0 Å². The maximum Gasteiger partial charge on any atom is 0.308 e. The second kappa shape index (κ2) is 18.8. The van der Waals surface area contributed by atoms with Crippen LogP contribution < -0.4 is 0 Å². The molecule has 0 spiro atoms. The number of esters is 1. The van der Waals surface area contributed by atoms with Crippen molar-refractivity contribution in [3.05, 3.63) is 0 Å². The number of methoxy groups -OCH3 is 1. The highest BCUT2D eigenvalue weighted by Crippen LogP contribution is 2.02. The molecule has 2 N–H and O–H groups in total. The van der Waals surface area contributed by atoms with Crippen molar-refractivity contribution < 1.29 is 34.0 Å². The van der Waals surface area contributed by atoms with Crippen molar-refractivity contribution in [1.82, 2.24) is 0 Å². The van der Waals surface area contributed by atoms with Gasteiger partial charge >= 0.3 is 11.9 Å². The Bertz CT molecular complexity index is 241. The zero-order chi connectivity index (χ0) is 17.3. The maximum atomic E-state index is 10.4. The van der Waals surface area contributed by atoms with Gasteiger partial charge in [-0.2, -0.15) is 0 Å². The third kappa shape index (κ3) is 27.9. The first kappa shape index (κ1) is 24.8. The van der Waals surface area contributed by atoms with Crippen molar-refractivity contribution in [3.63, 3.8) is 0 Å². The Morgan fingerprint density at radius 1 is 1.14 bits per heavy atom. The predicted octanol–water partition coefficient (Wildman–Crippen LogP) is 1.33. The quantitative estimate of drug-likeness (QED) is 0.684. The Balaban J connectivity index is -0.000000264. The minimum absolute atomic E-state index is 0.0926. The van der Waals surface area contributed by atoms with E-state index in [0.717, 1.165) is 0 Å². The molecule has 7 nitrogen and oxygen atoms in total. The number of aliphatic hydroxyl groups excluding tert-OH is 1. The molecule has 0 aliphatic heterocycles. The number of aliphatic hydroxyl groups is 1. The molecule has 0 aromatic heterocycles. The van der Waals surface area contributed by atoms with Gasteiger partial charge in [0.15, 0.2) is 0 Å². The first-order valence-electron chi connectivity index (χ1n) is 6.78. The smallest absolute Gasteiger partial charge is 0.308 e. The van der Waals surface area contributed by atoms with E-state index in [0.29, 0.717) is 19.6 Å². The molecule has 0 aromatic carbocycles. The first-order chi connectivity index (χ1) is 9.76. The van der Waals surface area contributed by atoms with E-state index in [2.05, 4.69) is 9.47 Å². The molecule has 0 heterocycles. The molecule has 128 valence electrons. The fraction of sp³-hybridized carbons (Fsp3) is 0.857. The lowest BCUT2D eigenvalue weighted by molar-refractivity contribution is -0.144. The molecule has 2 atom stereocenters. The number of carboxylic acid groups (broad SMARTS) is 1. The van der Waals surface area contributed by atoms with E-state index in [-0.39, 0.29) is 18.5 Å². The maximum absolute atomic E-state index is 10.4. The minimum Gasteiger partial charge on any atom is -0.481 e. The minimum atomic E-state index is -0.768. The van der Waals surface area contributed by atoms with E-state index in [4.69, 9.17) is 14.9 Å². The normalized spacial score (nSPS) is 12.0. The summed E-state index contributed by atoms with van der Waals surface area (Å²) in [6, 6.07) is 0. The molecular weight excluding hydrogens is 280 g/mol. The highest BCUT2D eigenvalue weighted by molar-refractivity contribution is 5.69. The van der Waals surface area contributed by atoms with Crippen LogP contribution in [0.25, 0.3) is 0 Å². The summed E-state index contributed by atoms with van der Waals surface area (Å²) in [4.78, 5) is 20.4. The molecule has 0 saturated heterocycles. The Morgan fingerprint density at radius 2 is 1.62 bits per heavy atom. The Hall–Kier alpha value is -1.18. The van der Waals surface area contributed by atoms with Crippen LogP contribution in [0.3, 0.4) is 0 Å². The van der Waals surface area contributed by atoms with E-state index < -0.39 is 12.1 Å². The van der Waals surface area contributed by atoms with Gasteiger partial charge < -0.3 is 24.4 Å². The van der Waals surface area contributed by atoms with Gasteiger partial charge in [0.2, 0.25) is 0 Å². The van der Waals surface area contributed by atoms with Crippen molar-refractivity contribution in [2.24, 2.45) is 5.92 Å². The van der Waals surface area contributed by atoms with Crippen molar-refractivity contribution in [3.8, 4) is 0 Å². The van der Waals surface area contributed by atoms with Crippen LogP contribution in [0.1, 0.15) is 34.1 Å². The van der Waals surface area contributed by atoms with E-state index in [1.807, 2.05) is 13.8 Å². The zero-order valence-corrected chi connectivity index (χ0v) is 13.9. The molecule has 0 rings (SSSR count). The van der Waals surface area contributed by atoms with Crippen LogP contribution in [-0.4, -0.2) is 62.3 Å². The summed E-state index contributed by atoms with van der Waals surface area (Å²) in [5.41, 5.74) is 0. The van der Waals surface area contributed by atoms with Crippen LogP contribution in [0.5, 0.6) is 0 Å². The van der Waals surface area contributed by atoms with Crippen molar-refractivity contribution in [1.29, 1.82) is 0 Å². The van der Waals surface area contributed by atoms with E-state index >= 15 is 0 Å². The predicted molar refractivity (Wildman–Crippen MR) is 79.2 cm³/mol. The molecule has 0 saturated carbocycles. The fourth-order valence-corrected chi connectivity index (χ4v) is 0.862. The lowest BCUT2D eigenvalue weighted by Gasteiger charge is -2.07. The van der Waals surface area contributed by atoms with E-state index in [1.165, 1.54) is 6.92 Å². The molecule has 0 aliphatic carbocycles. The number of rotatable bonds is 7. The van der Waals surface area contributed by atoms with Crippen molar-refractivity contribution in [2.45, 2.75) is 40.2 Å². The van der Waals surface area contributed by atoms with Gasteiger partial charge in [0.05, 0.1) is 18.6 Å². The van der Waals surface area contributed by atoms with Crippen LogP contribution in [0.15, 0.2) is 0 Å². The zero-order valence-electron chi connectivity index (χ0n) is 13.9. The van der Waals surface area contributed by atoms with Crippen molar-refractivity contribution in [2.75, 3.05) is 34.0 Å². The van der Waals surface area contributed by atoms with E-state index in [1.54, 1.807) is 21.1 Å². The van der Waals surface area contributed by atoms with Gasteiger partial charge in [-0.15, -0.1) is 0 Å².